The normalized spacial score (nSPS) is 10.7. The summed E-state index contributed by atoms with van der Waals surface area (Å²) in [6.45, 7) is 0. The summed E-state index contributed by atoms with van der Waals surface area (Å²) in [5.74, 6) is 0.440. The maximum atomic E-state index is 12.4. The average molecular weight is 361 g/mol. The quantitative estimate of drug-likeness (QED) is 0.576. The number of ether oxygens (including phenoxy) is 1. The Morgan fingerprint density at radius 3 is 2.65 bits per heavy atom. The molecule has 0 saturated carbocycles. The Kier molecular flexibility index (Phi) is 4.33. The SMILES string of the molecule is COc1ccc(-c2ccccc2)c2sc(NC(=O)c3cccnc3)nc12. The van der Waals surface area contributed by atoms with Crippen molar-refractivity contribution >= 4 is 32.6 Å². The molecule has 2 aromatic heterocycles. The molecule has 128 valence electrons. The number of carbonyl (C=O) groups is 1. The van der Waals surface area contributed by atoms with Crippen LogP contribution in [-0.2, 0) is 0 Å². The number of rotatable bonds is 4. The molecule has 4 aromatic rings. The first-order valence-corrected chi connectivity index (χ1v) is 8.82. The average Bonchev–Trinajstić information content (AvgIpc) is 3.12. The third-order valence-electron chi connectivity index (χ3n) is 3.96. The standard InChI is InChI=1S/C20H15N3O2S/c1-25-16-10-9-15(13-6-3-2-4-7-13)18-17(16)22-20(26-18)23-19(24)14-8-5-11-21-12-14/h2-12H,1H3,(H,22,23,24). The Hall–Kier alpha value is -3.25. The summed E-state index contributed by atoms with van der Waals surface area (Å²) in [6.07, 6.45) is 3.16. The van der Waals surface area contributed by atoms with E-state index in [0.29, 0.717) is 16.4 Å². The van der Waals surface area contributed by atoms with E-state index in [1.165, 1.54) is 17.5 Å². The predicted molar refractivity (Wildman–Crippen MR) is 104 cm³/mol. The van der Waals surface area contributed by atoms with E-state index in [2.05, 4.69) is 27.4 Å². The van der Waals surface area contributed by atoms with Crippen LogP contribution >= 0.6 is 11.3 Å². The Bertz CT molecular complexity index is 1060. The van der Waals surface area contributed by atoms with Crippen molar-refractivity contribution in [3.8, 4) is 16.9 Å². The molecule has 5 nitrogen and oxygen atoms in total. The number of amides is 1. The zero-order chi connectivity index (χ0) is 17.9. The second-order valence-electron chi connectivity index (χ2n) is 5.57. The summed E-state index contributed by atoms with van der Waals surface area (Å²) < 4.78 is 6.41. The number of nitrogens with one attached hydrogen (secondary N) is 1. The minimum absolute atomic E-state index is 0.239. The highest BCUT2D eigenvalue weighted by Crippen LogP contribution is 2.39. The van der Waals surface area contributed by atoms with Crippen molar-refractivity contribution in [1.82, 2.24) is 9.97 Å². The van der Waals surface area contributed by atoms with Gasteiger partial charge in [-0.2, -0.15) is 0 Å². The molecular formula is C20H15N3O2S. The summed E-state index contributed by atoms with van der Waals surface area (Å²) in [6, 6.07) is 17.4. The van der Waals surface area contributed by atoms with Crippen LogP contribution in [0.5, 0.6) is 5.75 Å². The predicted octanol–water partition coefficient (Wildman–Crippen LogP) is 4.62. The third kappa shape index (κ3) is 3.02. The number of fused-ring (bicyclic) bond motifs is 1. The minimum atomic E-state index is -0.239. The van der Waals surface area contributed by atoms with E-state index in [1.807, 2.05) is 30.3 Å². The van der Waals surface area contributed by atoms with Crippen LogP contribution in [0.15, 0.2) is 67.0 Å². The number of thiazole rings is 1. The van der Waals surface area contributed by atoms with E-state index in [-0.39, 0.29) is 5.91 Å². The van der Waals surface area contributed by atoms with Gasteiger partial charge in [0.25, 0.3) is 5.91 Å². The first-order valence-electron chi connectivity index (χ1n) is 8.00. The lowest BCUT2D eigenvalue weighted by molar-refractivity contribution is 0.102. The summed E-state index contributed by atoms with van der Waals surface area (Å²) >= 11 is 1.43. The molecule has 0 atom stereocenters. The molecule has 0 fully saturated rings. The Balaban J connectivity index is 1.77. The fourth-order valence-electron chi connectivity index (χ4n) is 2.71. The molecule has 0 aliphatic heterocycles. The first kappa shape index (κ1) is 16.2. The van der Waals surface area contributed by atoms with E-state index >= 15 is 0 Å². The van der Waals surface area contributed by atoms with Gasteiger partial charge in [0.1, 0.15) is 11.3 Å². The van der Waals surface area contributed by atoms with Crippen LogP contribution in [0, 0.1) is 0 Å². The third-order valence-corrected chi connectivity index (χ3v) is 4.96. The number of pyridine rings is 1. The number of nitrogens with zero attached hydrogens (tertiary/aromatic N) is 2. The van der Waals surface area contributed by atoms with Crippen LogP contribution in [-0.4, -0.2) is 23.0 Å². The van der Waals surface area contributed by atoms with Crippen LogP contribution < -0.4 is 10.1 Å². The van der Waals surface area contributed by atoms with Gasteiger partial charge >= 0.3 is 0 Å². The minimum Gasteiger partial charge on any atom is -0.494 e. The van der Waals surface area contributed by atoms with Crippen LogP contribution in [0.2, 0.25) is 0 Å². The van der Waals surface area contributed by atoms with Gasteiger partial charge in [0.2, 0.25) is 0 Å². The zero-order valence-corrected chi connectivity index (χ0v) is 14.8. The van der Waals surface area contributed by atoms with Gasteiger partial charge < -0.3 is 4.74 Å². The van der Waals surface area contributed by atoms with Gasteiger partial charge in [-0.3, -0.25) is 15.1 Å². The number of anilines is 1. The monoisotopic (exact) mass is 361 g/mol. The molecule has 0 aliphatic carbocycles. The highest BCUT2D eigenvalue weighted by atomic mass is 32.1. The summed E-state index contributed by atoms with van der Waals surface area (Å²) in [7, 11) is 1.62. The number of aromatic nitrogens is 2. The molecule has 1 amide bonds. The van der Waals surface area contributed by atoms with Crippen molar-refractivity contribution in [2.24, 2.45) is 0 Å². The zero-order valence-electron chi connectivity index (χ0n) is 14.0. The van der Waals surface area contributed by atoms with E-state index in [9.17, 15) is 4.79 Å². The molecule has 0 unspecified atom stereocenters. The molecule has 0 saturated heterocycles. The number of benzene rings is 2. The van der Waals surface area contributed by atoms with Gasteiger partial charge in [0.05, 0.1) is 17.4 Å². The molecule has 1 N–H and O–H groups in total. The van der Waals surface area contributed by atoms with Crippen LogP contribution in [0.3, 0.4) is 0 Å². The molecule has 0 bridgehead atoms. The van der Waals surface area contributed by atoms with Crippen molar-refractivity contribution in [2.75, 3.05) is 12.4 Å². The smallest absolute Gasteiger partial charge is 0.259 e. The highest BCUT2D eigenvalue weighted by Gasteiger charge is 2.16. The van der Waals surface area contributed by atoms with Crippen molar-refractivity contribution in [1.29, 1.82) is 0 Å². The van der Waals surface area contributed by atoms with Crippen LogP contribution in [0.4, 0.5) is 5.13 Å². The van der Waals surface area contributed by atoms with Crippen molar-refractivity contribution in [3.63, 3.8) is 0 Å². The number of hydrogen-bond acceptors (Lipinski definition) is 5. The maximum absolute atomic E-state index is 12.4. The number of methoxy groups -OCH3 is 1. The van der Waals surface area contributed by atoms with Gasteiger partial charge in [0.15, 0.2) is 5.13 Å². The molecule has 6 heteroatoms. The molecule has 2 heterocycles. The maximum Gasteiger partial charge on any atom is 0.259 e. The van der Waals surface area contributed by atoms with Gasteiger partial charge in [-0.15, -0.1) is 0 Å². The first-order chi connectivity index (χ1) is 12.8. The summed E-state index contributed by atoms with van der Waals surface area (Å²) in [5, 5.41) is 3.37. The molecule has 0 spiro atoms. The van der Waals surface area contributed by atoms with E-state index in [4.69, 9.17) is 4.74 Å². The van der Waals surface area contributed by atoms with Crippen molar-refractivity contribution < 1.29 is 9.53 Å². The van der Waals surface area contributed by atoms with Gasteiger partial charge in [-0.1, -0.05) is 41.7 Å². The summed E-state index contributed by atoms with van der Waals surface area (Å²) in [5.41, 5.74) is 3.37. The molecule has 4 rings (SSSR count). The lowest BCUT2D eigenvalue weighted by Crippen LogP contribution is -2.11. The molecular weight excluding hydrogens is 346 g/mol. The second-order valence-corrected chi connectivity index (χ2v) is 6.57. The van der Waals surface area contributed by atoms with Crippen LogP contribution in [0.1, 0.15) is 10.4 Å². The fraction of sp³-hybridized carbons (Fsp3) is 0.0500. The lowest BCUT2D eigenvalue weighted by Gasteiger charge is -2.05. The van der Waals surface area contributed by atoms with E-state index < -0.39 is 0 Å². The highest BCUT2D eigenvalue weighted by molar-refractivity contribution is 7.23. The summed E-state index contributed by atoms with van der Waals surface area (Å²) in [4.78, 5) is 20.9. The Labute approximate surface area is 154 Å². The van der Waals surface area contributed by atoms with Gasteiger partial charge in [-0.05, 0) is 29.8 Å². The molecule has 2 aromatic carbocycles. The fourth-order valence-corrected chi connectivity index (χ4v) is 3.73. The van der Waals surface area contributed by atoms with Gasteiger partial charge in [0, 0.05) is 18.0 Å². The van der Waals surface area contributed by atoms with Crippen LogP contribution in [0.25, 0.3) is 21.3 Å². The Morgan fingerprint density at radius 2 is 1.92 bits per heavy atom. The van der Waals surface area contributed by atoms with E-state index in [1.54, 1.807) is 25.4 Å². The van der Waals surface area contributed by atoms with E-state index in [0.717, 1.165) is 21.3 Å². The molecule has 0 radical (unpaired) electrons. The second kappa shape index (κ2) is 6.93. The number of carbonyl (C=O) groups excluding carboxylic acids is 1. The number of hydrogen-bond donors (Lipinski definition) is 1. The molecule has 0 aliphatic rings. The van der Waals surface area contributed by atoms with Crippen molar-refractivity contribution in [2.45, 2.75) is 0 Å². The van der Waals surface area contributed by atoms with Gasteiger partial charge in [-0.25, -0.2) is 4.98 Å². The largest absolute Gasteiger partial charge is 0.494 e. The molecule has 26 heavy (non-hydrogen) atoms. The lowest BCUT2D eigenvalue weighted by atomic mass is 10.1. The van der Waals surface area contributed by atoms with Crippen molar-refractivity contribution in [3.05, 3.63) is 72.6 Å². The Morgan fingerprint density at radius 1 is 1.08 bits per heavy atom. The topological polar surface area (TPSA) is 64.1 Å².